The molecule has 4 nitrogen and oxygen atoms in total. The molecule has 16 heavy (non-hydrogen) atoms. The van der Waals surface area contributed by atoms with Crippen LogP contribution in [0.2, 0.25) is 0 Å². The zero-order valence-electron chi connectivity index (χ0n) is 8.43. The second kappa shape index (κ2) is 3.97. The van der Waals surface area contributed by atoms with E-state index < -0.39 is 17.7 Å². The second-order valence-electron chi connectivity index (χ2n) is 3.36. The molecular formula is C10H9F2N3O. The Morgan fingerprint density at radius 3 is 2.62 bits per heavy atom. The van der Waals surface area contributed by atoms with E-state index in [1.165, 1.54) is 16.9 Å². The van der Waals surface area contributed by atoms with Crippen molar-refractivity contribution in [1.29, 1.82) is 0 Å². The highest BCUT2D eigenvalue weighted by Gasteiger charge is 2.09. The average Bonchev–Trinajstić information content (AvgIpc) is 2.71. The van der Waals surface area contributed by atoms with E-state index in [1.54, 1.807) is 6.92 Å². The molecule has 0 aliphatic carbocycles. The number of halogens is 2. The van der Waals surface area contributed by atoms with Gasteiger partial charge < -0.3 is 5.11 Å². The van der Waals surface area contributed by atoms with Gasteiger partial charge in [0.2, 0.25) is 0 Å². The van der Waals surface area contributed by atoms with Gasteiger partial charge in [-0.05, 0) is 19.1 Å². The fourth-order valence-electron chi connectivity index (χ4n) is 1.22. The van der Waals surface area contributed by atoms with Crippen LogP contribution in [-0.4, -0.2) is 20.1 Å². The zero-order chi connectivity index (χ0) is 11.7. The van der Waals surface area contributed by atoms with Gasteiger partial charge in [-0.2, -0.15) is 0 Å². The lowest BCUT2D eigenvalue weighted by Gasteiger charge is -2.00. The van der Waals surface area contributed by atoms with Crippen molar-refractivity contribution in [3.05, 3.63) is 41.7 Å². The molecule has 0 radical (unpaired) electrons. The third-order valence-corrected chi connectivity index (χ3v) is 2.11. The quantitative estimate of drug-likeness (QED) is 0.844. The summed E-state index contributed by atoms with van der Waals surface area (Å²) in [6.45, 7) is 1.54. The number of hydrogen-bond donors (Lipinski definition) is 1. The van der Waals surface area contributed by atoms with Crippen LogP contribution in [0.3, 0.4) is 0 Å². The van der Waals surface area contributed by atoms with Gasteiger partial charge in [-0.15, -0.1) is 5.10 Å². The fourth-order valence-corrected chi connectivity index (χ4v) is 1.22. The third-order valence-electron chi connectivity index (χ3n) is 2.11. The molecule has 1 unspecified atom stereocenters. The molecule has 0 amide bonds. The first-order valence-corrected chi connectivity index (χ1v) is 4.63. The largest absolute Gasteiger partial charge is 0.387 e. The molecule has 1 heterocycles. The van der Waals surface area contributed by atoms with Crippen LogP contribution in [0.4, 0.5) is 8.78 Å². The molecule has 0 fully saturated rings. The average molecular weight is 225 g/mol. The number of hydrogen-bond acceptors (Lipinski definition) is 3. The highest BCUT2D eigenvalue weighted by molar-refractivity contribution is 5.31. The van der Waals surface area contributed by atoms with Gasteiger partial charge in [0.1, 0.15) is 5.69 Å². The van der Waals surface area contributed by atoms with Crippen molar-refractivity contribution in [2.75, 3.05) is 0 Å². The van der Waals surface area contributed by atoms with Gasteiger partial charge in [-0.25, -0.2) is 13.5 Å². The van der Waals surface area contributed by atoms with Crippen LogP contribution in [0.15, 0.2) is 24.4 Å². The number of benzene rings is 1. The highest BCUT2D eigenvalue weighted by Crippen LogP contribution is 2.14. The summed E-state index contributed by atoms with van der Waals surface area (Å²) in [5, 5.41) is 16.6. The van der Waals surface area contributed by atoms with Gasteiger partial charge in [0, 0.05) is 6.07 Å². The lowest BCUT2D eigenvalue weighted by molar-refractivity contribution is 0.194. The number of nitrogens with zero attached hydrogens (tertiary/aromatic N) is 3. The molecule has 1 N–H and O–H groups in total. The molecule has 0 aliphatic rings. The first-order valence-electron chi connectivity index (χ1n) is 4.63. The Balaban J connectivity index is 2.39. The molecule has 0 saturated carbocycles. The van der Waals surface area contributed by atoms with Crippen molar-refractivity contribution in [3.8, 4) is 5.69 Å². The van der Waals surface area contributed by atoms with Crippen LogP contribution in [0.1, 0.15) is 18.7 Å². The predicted molar refractivity (Wildman–Crippen MR) is 51.9 cm³/mol. The van der Waals surface area contributed by atoms with Gasteiger partial charge in [0.15, 0.2) is 11.6 Å². The maximum absolute atomic E-state index is 12.9. The van der Waals surface area contributed by atoms with Gasteiger partial charge in [0.25, 0.3) is 0 Å². The Hall–Kier alpha value is -1.82. The van der Waals surface area contributed by atoms with E-state index in [2.05, 4.69) is 10.3 Å². The summed E-state index contributed by atoms with van der Waals surface area (Å²) in [6, 6.07) is 3.39. The van der Waals surface area contributed by atoms with Gasteiger partial charge in [-0.1, -0.05) is 5.21 Å². The van der Waals surface area contributed by atoms with Gasteiger partial charge in [0.05, 0.1) is 18.0 Å². The van der Waals surface area contributed by atoms with Crippen molar-refractivity contribution in [2.24, 2.45) is 0 Å². The van der Waals surface area contributed by atoms with E-state index in [0.717, 1.165) is 12.1 Å². The smallest absolute Gasteiger partial charge is 0.160 e. The molecule has 0 aliphatic heterocycles. The summed E-state index contributed by atoms with van der Waals surface area (Å²) in [6.07, 6.45) is 0.705. The number of aromatic nitrogens is 3. The summed E-state index contributed by atoms with van der Waals surface area (Å²) in [5.74, 6) is -1.87. The normalized spacial score (nSPS) is 12.8. The molecule has 6 heteroatoms. The SMILES string of the molecule is CC(O)c1cn(-c2ccc(F)c(F)c2)nn1. The molecule has 1 aromatic carbocycles. The Labute approximate surface area is 90.1 Å². The summed E-state index contributed by atoms with van der Waals surface area (Å²) >= 11 is 0. The van der Waals surface area contributed by atoms with Crippen LogP contribution < -0.4 is 0 Å². The molecule has 2 rings (SSSR count). The van der Waals surface area contributed by atoms with Crippen molar-refractivity contribution in [2.45, 2.75) is 13.0 Å². The minimum atomic E-state index is -0.952. The molecule has 84 valence electrons. The summed E-state index contributed by atoms with van der Waals surface area (Å²) in [5.41, 5.74) is 0.711. The minimum absolute atomic E-state index is 0.346. The van der Waals surface area contributed by atoms with Crippen LogP contribution >= 0.6 is 0 Å². The first kappa shape index (κ1) is 10.7. The van der Waals surface area contributed by atoms with E-state index in [9.17, 15) is 13.9 Å². The van der Waals surface area contributed by atoms with E-state index in [-0.39, 0.29) is 0 Å². The minimum Gasteiger partial charge on any atom is -0.387 e. The van der Waals surface area contributed by atoms with Gasteiger partial charge >= 0.3 is 0 Å². The van der Waals surface area contributed by atoms with Crippen LogP contribution in [0.25, 0.3) is 5.69 Å². The lowest BCUT2D eigenvalue weighted by atomic mass is 10.3. The van der Waals surface area contributed by atoms with E-state index in [0.29, 0.717) is 11.4 Å². The Bertz CT molecular complexity index is 511. The van der Waals surface area contributed by atoms with Crippen LogP contribution in [0.5, 0.6) is 0 Å². The van der Waals surface area contributed by atoms with Crippen molar-refractivity contribution >= 4 is 0 Å². The number of rotatable bonds is 2. The van der Waals surface area contributed by atoms with Crippen molar-refractivity contribution in [3.63, 3.8) is 0 Å². The maximum Gasteiger partial charge on any atom is 0.160 e. The molecule has 2 aromatic rings. The fraction of sp³-hybridized carbons (Fsp3) is 0.200. The van der Waals surface area contributed by atoms with Crippen molar-refractivity contribution < 1.29 is 13.9 Å². The molecule has 0 bridgehead atoms. The lowest BCUT2D eigenvalue weighted by Crippen LogP contribution is -1.96. The van der Waals surface area contributed by atoms with E-state index in [4.69, 9.17) is 0 Å². The summed E-state index contributed by atoms with van der Waals surface area (Å²) in [7, 11) is 0. The van der Waals surface area contributed by atoms with Crippen LogP contribution in [-0.2, 0) is 0 Å². The Morgan fingerprint density at radius 2 is 2.06 bits per heavy atom. The van der Waals surface area contributed by atoms with E-state index in [1.807, 2.05) is 0 Å². The molecule has 0 spiro atoms. The van der Waals surface area contributed by atoms with Crippen molar-refractivity contribution in [1.82, 2.24) is 15.0 Å². The second-order valence-corrected chi connectivity index (χ2v) is 3.36. The number of aliphatic hydroxyl groups excluding tert-OH is 1. The third kappa shape index (κ3) is 1.92. The monoisotopic (exact) mass is 225 g/mol. The summed E-state index contributed by atoms with van der Waals surface area (Å²) in [4.78, 5) is 0. The number of aliphatic hydroxyl groups is 1. The molecule has 1 aromatic heterocycles. The van der Waals surface area contributed by atoms with Crippen LogP contribution in [0, 0.1) is 11.6 Å². The highest BCUT2D eigenvalue weighted by atomic mass is 19.2. The maximum atomic E-state index is 12.9. The predicted octanol–water partition coefficient (Wildman–Crippen LogP) is 1.60. The van der Waals surface area contributed by atoms with E-state index >= 15 is 0 Å². The standard InChI is InChI=1S/C10H9F2N3O/c1-6(16)10-5-15(14-13-10)7-2-3-8(11)9(12)4-7/h2-6,16H,1H3. The summed E-state index contributed by atoms with van der Waals surface area (Å²) < 4.78 is 26.9. The Morgan fingerprint density at radius 1 is 1.31 bits per heavy atom. The van der Waals surface area contributed by atoms with Gasteiger partial charge in [-0.3, -0.25) is 0 Å². The molecule has 1 atom stereocenters. The first-order chi connectivity index (χ1) is 7.58. The molecular weight excluding hydrogens is 216 g/mol. The zero-order valence-corrected chi connectivity index (χ0v) is 8.43. The Kier molecular flexibility index (Phi) is 2.66. The topological polar surface area (TPSA) is 50.9 Å². The molecule has 0 saturated heterocycles.